The van der Waals surface area contributed by atoms with Gasteiger partial charge < -0.3 is 0 Å². The zero-order valence-corrected chi connectivity index (χ0v) is 13.6. The average Bonchev–Trinajstić information content (AvgIpc) is 2.58. The Hall–Kier alpha value is -2.41. The Morgan fingerprint density at radius 1 is 0.652 bits per heavy atom. The highest BCUT2D eigenvalue weighted by atomic mass is 14.9. The van der Waals surface area contributed by atoms with Gasteiger partial charge in [0.1, 0.15) is 7.05 Å². The molecule has 1 heteroatoms. The number of nitrogens with zero attached hydrogens (tertiary/aromatic N) is 1. The zero-order valence-electron chi connectivity index (χ0n) is 13.6. The summed E-state index contributed by atoms with van der Waals surface area (Å²) in [6.45, 7) is 0. The summed E-state index contributed by atoms with van der Waals surface area (Å²) < 4.78 is 2.09. The predicted molar refractivity (Wildman–Crippen MR) is 94.3 cm³/mol. The van der Waals surface area contributed by atoms with Crippen molar-refractivity contribution < 1.29 is 4.57 Å². The molecule has 0 aliphatic heterocycles. The van der Waals surface area contributed by atoms with Crippen molar-refractivity contribution in [3.8, 4) is 11.1 Å². The van der Waals surface area contributed by atoms with Crippen LogP contribution in [0, 0.1) is 0 Å². The first-order valence-electron chi connectivity index (χ1n) is 8.43. The third kappa shape index (κ3) is 3.05. The average molecular weight is 300 g/mol. The molecule has 2 aromatic carbocycles. The summed E-state index contributed by atoms with van der Waals surface area (Å²) in [7, 11) is 2.07. The number of pyridine rings is 1. The monoisotopic (exact) mass is 300 g/mol. The molecule has 0 atom stereocenters. The molecule has 0 unspecified atom stereocenters. The molecule has 1 heterocycles. The zero-order chi connectivity index (χ0) is 15.6. The van der Waals surface area contributed by atoms with Gasteiger partial charge in [0.2, 0.25) is 0 Å². The number of benzene rings is 2. The van der Waals surface area contributed by atoms with E-state index in [1.54, 1.807) is 0 Å². The Balaban J connectivity index is 1.78. The fraction of sp³-hybridized carbons (Fsp3) is 0.227. The van der Waals surface area contributed by atoms with Gasteiger partial charge in [0, 0.05) is 12.1 Å². The Labute approximate surface area is 138 Å². The standard InChI is InChI=1S/C22H22N/c1-23-14-12-21(13-15-23)22-16-19-7-6-17-2-4-18(5-3-17)8-10-20(22)11-9-19/h2-5,9,11-16H,6-8,10H2,1H3/q+1. The van der Waals surface area contributed by atoms with E-state index in [1.165, 1.54) is 33.4 Å². The van der Waals surface area contributed by atoms with Crippen LogP contribution in [0.25, 0.3) is 11.1 Å². The van der Waals surface area contributed by atoms with Crippen molar-refractivity contribution in [1.29, 1.82) is 0 Å². The lowest BCUT2D eigenvalue weighted by Gasteiger charge is -2.14. The van der Waals surface area contributed by atoms with Gasteiger partial charge in [-0.15, -0.1) is 0 Å². The third-order valence-corrected chi connectivity index (χ3v) is 4.87. The van der Waals surface area contributed by atoms with Crippen molar-refractivity contribution in [3.05, 3.63) is 89.2 Å². The SMILES string of the molecule is C[n+]1ccc(-c2cc3ccc2CCc2ccc(cc2)CC3)cc1. The lowest BCUT2D eigenvalue weighted by molar-refractivity contribution is -0.671. The Kier molecular flexibility index (Phi) is 3.70. The van der Waals surface area contributed by atoms with Gasteiger partial charge >= 0.3 is 0 Å². The summed E-state index contributed by atoms with van der Waals surface area (Å²) in [4.78, 5) is 0. The van der Waals surface area contributed by atoms with Gasteiger partial charge in [-0.05, 0) is 59.1 Å². The molecule has 7 rings (SSSR count). The second-order valence-corrected chi connectivity index (χ2v) is 6.56. The molecule has 1 nitrogen and oxygen atoms in total. The van der Waals surface area contributed by atoms with Crippen LogP contribution in [0.3, 0.4) is 0 Å². The van der Waals surface area contributed by atoms with E-state index in [0.29, 0.717) is 0 Å². The van der Waals surface area contributed by atoms with Gasteiger partial charge in [-0.25, -0.2) is 4.57 Å². The van der Waals surface area contributed by atoms with Crippen LogP contribution < -0.4 is 4.57 Å². The topological polar surface area (TPSA) is 3.88 Å². The molecule has 4 bridgehead atoms. The fourth-order valence-electron chi connectivity index (χ4n) is 3.39. The van der Waals surface area contributed by atoms with Crippen LogP contribution in [0.2, 0.25) is 0 Å². The molecule has 1 aromatic heterocycles. The summed E-state index contributed by atoms with van der Waals surface area (Å²) in [5, 5.41) is 0. The predicted octanol–water partition coefficient (Wildman–Crippen LogP) is 4.06. The molecule has 0 amide bonds. The first kappa shape index (κ1) is 14.2. The maximum Gasteiger partial charge on any atom is 0.169 e. The van der Waals surface area contributed by atoms with E-state index in [1.807, 2.05) is 0 Å². The summed E-state index contributed by atoms with van der Waals surface area (Å²) >= 11 is 0. The van der Waals surface area contributed by atoms with Crippen LogP contribution in [-0.4, -0.2) is 0 Å². The largest absolute Gasteiger partial charge is 0.208 e. The molecule has 0 saturated carbocycles. The number of rotatable bonds is 1. The van der Waals surface area contributed by atoms with Gasteiger partial charge in [-0.3, -0.25) is 0 Å². The Bertz CT molecular complexity index is 814. The van der Waals surface area contributed by atoms with E-state index >= 15 is 0 Å². The maximum absolute atomic E-state index is 2.40. The minimum absolute atomic E-state index is 1.09. The van der Waals surface area contributed by atoms with Crippen LogP contribution in [0.4, 0.5) is 0 Å². The maximum atomic E-state index is 2.40. The van der Waals surface area contributed by atoms with Gasteiger partial charge in [-0.2, -0.15) is 0 Å². The third-order valence-electron chi connectivity index (χ3n) is 4.87. The normalized spacial score (nSPS) is 13.6. The molecule has 4 aliphatic carbocycles. The molecule has 0 N–H and O–H groups in total. The molecule has 0 radical (unpaired) electrons. The van der Waals surface area contributed by atoms with E-state index in [-0.39, 0.29) is 0 Å². The second kappa shape index (κ2) is 6.00. The number of hydrogen-bond donors (Lipinski definition) is 0. The van der Waals surface area contributed by atoms with E-state index in [9.17, 15) is 0 Å². The molecule has 3 aromatic rings. The Morgan fingerprint density at radius 3 is 1.91 bits per heavy atom. The highest BCUT2D eigenvalue weighted by Gasteiger charge is 2.10. The summed E-state index contributed by atoms with van der Waals surface area (Å²) in [6.07, 6.45) is 8.68. The first-order valence-corrected chi connectivity index (χ1v) is 8.43. The van der Waals surface area contributed by atoms with Gasteiger partial charge in [0.25, 0.3) is 0 Å². The van der Waals surface area contributed by atoms with Gasteiger partial charge in [0.15, 0.2) is 12.4 Å². The minimum atomic E-state index is 1.09. The molecular weight excluding hydrogens is 278 g/mol. The van der Waals surface area contributed by atoms with Crippen molar-refractivity contribution in [3.63, 3.8) is 0 Å². The van der Waals surface area contributed by atoms with E-state index in [4.69, 9.17) is 0 Å². The van der Waals surface area contributed by atoms with Crippen molar-refractivity contribution >= 4 is 0 Å². The quantitative estimate of drug-likeness (QED) is 0.597. The lowest BCUT2D eigenvalue weighted by Crippen LogP contribution is -2.25. The number of aromatic nitrogens is 1. The van der Waals surface area contributed by atoms with Crippen molar-refractivity contribution in [2.75, 3.05) is 0 Å². The number of aryl methyl sites for hydroxylation is 5. The van der Waals surface area contributed by atoms with Crippen molar-refractivity contribution in [1.82, 2.24) is 0 Å². The van der Waals surface area contributed by atoms with Crippen LogP contribution in [0.15, 0.2) is 67.0 Å². The van der Waals surface area contributed by atoms with E-state index in [2.05, 4.69) is 78.6 Å². The Morgan fingerprint density at radius 2 is 1.22 bits per heavy atom. The number of hydrogen-bond acceptors (Lipinski definition) is 0. The first-order chi connectivity index (χ1) is 11.3. The van der Waals surface area contributed by atoms with Crippen LogP contribution in [0.5, 0.6) is 0 Å². The molecule has 4 aliphatic rings. The van der Waals surface area contributed by atoms with Crippen LogP contribution in [0.1, 0.15) is 22.3 Å². The molecule has 23 heavy (non-hydrogen) atoms. The molecule has 114 valence electrons. The van der Waals surface area contributed by atoms with Crippen LogP contribution >= 0.6 is 0 Å². The molecular formula is C22H22N+. The van der Waals surface area contributed by atoms with E-state index < -0.39 is 0 Å². The van der Waals surface area contributed by atoms with Crippen LogP contribution in [-0.2, 0) is 32.7 Å². The summed E-state index contributed by atoms with van der Waals surface area (Å²) in [5.74, 6) is 0. The summed E-state index contributed by atoms with van der Waals surface area (Å²) in [5.41, 5.74) is 8.48. The van der Waals surface area contributed by atoms with Gasteiger partial charge in [-0.1, -0.05) is 42.5 Å². The van der Waals surface area contributed by atoms with E-state index in [0.717, 1.165) is 25.7 Å². The second-order valence-electron chi connectivity index (χ2n) is 6.56. The van der Waals surface area contributed by atoms with Crippen molar-refractivity contribution in [2.45, 2.75) is 25.7 Å². The molecule has 0 fully saturated rings. The summed E-state index contributed by atoms with van der Waals surface area (Å²) in [6, 6.07) is 20.7. The lowest BCUT2D eigenvalue weighted by atomic mass is 9.91. The fourth-order valence-corrected chi connectivity index (χ4v) is 3.39. The van der Waals surface area contributed by atoms with Gasteiger partial charge in [0.05, 0.1) is 0 Å². The highest BCUT2D eigenvalue weighted by molar-refractivity contribution is 5.67. The highest BCUT2D eigenvalue weighted by Crippen LogP contribution is 2.27. The molecule has 0 spiro atoms. The molecule has 0 saturated heterocycles. The minimum Gasteiger partial charge on any atom is -0.208 e. The van der Waals surface area contributed by atoms with Crippen molar-refractivity contribution in [2.24, 2.45) is 7.05 Å². The smallest absolute Gasteiger partial charge is 0.169 e.